The van der Waals surface area contributed by atoms with Crippen molar-refractivity contribution in [1.29, 1.82) is 0 Å². The Kier molecular flexibility index (Phi) is 5.68. The number of carbonyl (C=O) groups is 1. The van der Waals surface area contributed by atoms with Crippen molar-refractivity contribution in [3.05, 3.63) is 69.3 Å². The van der Waals surface area contributed by atoms with Crippen LogP contribution in [0.4, 0.5) is 11.4 Å². The number of fused-ring (bicyclic) bond motifs is 1. The van der Waals surface area contributed by atoms with Gasteiger partial charge in [-0.25, -0.2) is 5.43 Å². The fraction of sp³-hybridized carbons (Fsp3) is 0.364. The minimum Gasteiger partial charge on any atom is -0.366 e. The molecule has 29 heavy (non-hydrogen) atoms. The van der Waals surface area contributed by atoms with E-state index < -0.39 is 10.8 Å². The molecule has 7 nitrogen and oxygen atoms in total. The molecule has 0 saturated carbocycles. The monoisotopic (exact) mass is 394 g/mol. The minimum atomic E-state index is -0.502. The Bertz CT molecular complexity index is 951. The van der Waals surface area contributed by atoms with Crippen LogP contribution in [0, 0.1) is 10.1 Å². The number of carbonyl (C=O) groups excluding carboxylic acids is 1. The summed E-state index contributed by atoms with van der Waals surface area (Å²) in [5.74, 6) is 0.0206. The summed E-state index contributed by atoms with van der Waals surface area (Å²) < 4.78 is 0. The van der Waals surface area contributed by atoms with Gasteiger partial charge in [-0.15, -0.1) is 0 Å². The van der Waals surface area contributed by atoms with Gasteiger partial charge in [0.1, 0.15) is 0 Å². The Morgan fingerprint density at radius 1 is 1.31 bits per heavy atom. The smallest absolute Gasteiger partial charge is 0.271 e. The summed E-state index contributed by atoms with van der Waals surface area (Å²) in [4.78, 5) is 24.8. The first-order valence-electron chi connectivity index (χ1n) is 9.72. The number of amides is 1. The maximum absolute atomic E-state index is 12.2. The van der Waals surface area contributed by atoms with Crippen LogP contribution in [-0.2, 0) is 0 Å². The topological polar surface area (TPSA) is 87.8 Å². The van der Waals surface area contributed by atoms with Crippen LogP contribution in [0.25, 0.3) is 0 Å². The highest BCUT2D eigenvalue weighted by atomic mass is 16.6. The fourth-order valence-corrected chi connectivity index (χ4v) is 4.15. The summed E-state index contributed by atoms with van der Waals surface area (Å²) in [5.41, 5.74) is 6.30. The molecule has 0 spiro atoms. The molecule has 3 rings (SSSR count). The Morgan fingerprint density at radius 2 is 2.00 bits per heavy atom. The zero-order valence-electron chi connectivity index (χ0n) is 17.2. The number of rotatable bonds is 5. The van der Waals surface area contributed by atoms with Gasteiger partial charge < -0.3 is 4.90 Å². The highest BCUT2D eigenvalue weighted by Gasteiger charge is 2.35. The number of nitrogens with zero attached hydrogens (tertiary/aromatic N) is 3. The van der Waals surface area contributed by atoms with Crippen LogP contribution in [-0.4, -0.2) is 29.1 Å². The second kappa shape index (κ2) is 8.03. The molecule has 1 aliphatic heterocycles. The number of hydrazone groups is 1. The lowest BCUT2D eigenvalue weighted by Crippen LogP contribution is -2.48. The normalized spacial score (nSPS) is 17.8. The van der Waals surface area contributed by atoms with E-state index in [1.54, 1.807) is 6.21 Å². The van der Waals surface area contributed by atoms with Gasteiger partial charge in [-0.2, -0.15) is 5.10 Å². The van der Waals surface area contributed by atoms with Gasteiger partial charge in [-0.1, -0.05) is 13.0 Å². The molecule has 1 unspecified atom stereocenters. The summed E-state index contributed by atoms with van der Waals surface area (Å²) in [6, 6.07) is 11.6. The predicted molar refractivity (Wildman–Crippen MR) is 115 cm³/mol. The fourth-order valence-electron chi connectivity index (χ4n) is 4.15. The largest absolute Gasteiger partial charge is 0.366 e. The first kappa shape index (κ1) is 20.5. The van der Waals surface area contributed by atoms with Crippen LogP contribution in [0.1, 0.15) is 61.5 Å². The summed E-state index contributed by atoms with van der Waals surface area (Å²) in [6.45, 7) is 9.92. The molecule has 0 radical (unpaired) electrons. The number of anilines is 1. The van der Waals surface area contributed by atoms with Gasteiger partial charge in [-0.05, 0) is 68.5 Å². The summed E-state index contributed by atoms with van der Waals surface area (Å²) in [7, 11) is 0. The minimum absolute atomic E-state index is 0.0578. The predicted octanol–water partition coefficient (Wildman–Crippen LogP) is 4.47. The molecule has 2 aromatic rings. The average molecular weight is 394 g/mol. The van der Waals surface area contributed by atoms with Gasteiger partial charge in [0.2, 0.25) is 0 Å². The highest BCUT2D eigenvalue weighted by Crippen LogP contribution is 2.43. The van der Waals surface area contributed by atoms with Gasteiger partial charge in [0.25, 0.3) is 11.6 Å². The van der Waals surface area contributed by atoms with Gasteiger partial charge in [0.05, 0.1) is 11.1 Å². The van der Waals surface area contributed by atoms with E-state index in [0.717, 1.165) is 18.5 Å². The van der Waals surface area contributed by atoms with Gasteiger partial charge in [-0.3, -0.25) is 14.9 Å². The molecule has 1 aliphatic rings. The van der Waals surface area contributed by atoms with E-state index in [0.29, 0.717) is 11.5 Å². The number of nitrogens with one attached hydrogen (secondary N) is 1. The molecule has 1 amide bonds. The molecule has 0 fully saturated rings. The lowest BCUT2D eigenvalue weighted by Gasteiger charge is -2.47. The Morgan fingerprint density at radius 3 is 2.62 bits per heavy atom. The van der Waals surface area contributed by atoms with E-state index in [1.807, 2.05) is 6.07 Å². The Hall–Kier alpha value is -3.22. The number of hydrogen-bond donors (Lipinski definition) is 1. The molecular weight excluding hydrogens is 368 g/mol. The van der Waals surface area contributed by atoms with Crippen molar-refractivity contribution in [3.63, 3.8) is 0 Å². The molecule has 1 heterocycles. The van der Waals surface area contributed by atoms with Gasteiger partial charge in [0.15, 0.2) is 0 Å². The third-order valence-electron chi connectivity index (χ3n) is 5.45. The van der Waals surface area contributed by atoms with Crippen molar-refractivity contribution in [3.8, 4) is 0 Å². The van der Waals surface area contributed by atoms with Crippen molar-refractivity contribution in [2.24, 2.45) is 5.10 Å². The van der Waals surface area contributed by atoms with E-state index in [2.05, 4.69) is 55.3 Å². The van der Waals surface area contributed by atoms with E-state index in [9.17, 15) is 14.9 Å². The van der Waals surface area contributed by atoms with E-state index in [4.69, 9.17) is 0 Å². The zero-order chi connectivity index (χ0) is 21.2. The lowest BCUT2D eigenvalue weighted by molar-refractivity contribution is -0.384. The standard InChI is InChI=1S/C22H26N4O3/c1-5-25-20-11-6-16(12-19(20)15(2)13-22(25,3)4)14-23-24-21(27)17-7-9-18(10-8-17)26(28)29/h6-12,14-15H,5,13H2,1-4H3,(H,24,27)/b23-14+. The third-order valence-corrected chi connectivity index (χ3v) is 5.45. The van der Waals surface area contributed by atoms with E-state index >= 15 is 0 Å². The van der Waals surface area contributed by atoms with E-state index in [1.165, 1.54) is 35.5 Å². The van der Waals surface area contributed by atoms with Crippen LogP contribution in [0.15, 0.2) is 47.6 Å². The number of hydrogen-bond acceptors (Lipinski definition) is 5. The first-order valence-corrected chi connectivity index (χ1v) is 9.72. The van der Waals surface area contributed by atoms with Crippen LogP contribution in [0.3, 0.4) is 0 Å². The molecule has 7 heteroatoms. The van der Waals surface area contributed by atoms with Gasteiger partial charge in [0, 0.05) is 35.5 Å². The average Bonchev–Trinajstić information content (AvgIpc) is 2.68. The van der Waals surface area contributed by atoms with Crippen LogP contribution in [0.2, 0.25) is 0 Å². The number of benzene rings is 2. The molecule has 0 bridgehead atoms. The lowest BCUT2D eigenvalue weighted by atomic mass is 9.79. The highest BCUT2D eigenvalue weighted by molar-refractivity contribution is 5.95. The van der Waals surface area contributed by atoms with Crippen molar-refractivity contribution in [1.82, 2.24) is 5.43 Å². The quantitative estimate of drug-likeness (QED) is 0.460. The molecule has 1 atom stereocenters. The van der Waals surface area contributed by atoms with Crippen molar-refractivity contribution in [2.75, 3.05) is 11.4 Å². The second-order valence-electron chi connectivity index (χ2n) is 7.98. The van der Waals surface area contributed by atoms with Crippen molar-refractivity contribution < 1.29 is 9.72 Å². The zero-order valence-corrected chi connectivity index (χ0v) is 17.2. The molecule has 0 saturated heterocycles. The molecular formula is C22H26N4O3. The van der Waals surface area contributed by atoms with E-state index in [-0.39, 0.29) is 11.2 Å². The number of nitro benzene ring substituents is 1. The number of non-ortho nitro benzene ring substituents is 1. The molecule has 0 aliphatic carbocycles. The molecule has 1 N–H and O–H groups in total. The van der Waals surface area contributed by atoms with Crippen molar-refractivity contribution >= 4 is 23.5 Å². The van der Waals surface area contributed by atoms with Crippen LogP contribution >= 0.6 is 0 Å². The third kappa shape index (κ3) is 4.29. The maximum Gasteiger partial charge on any atom is 0.271 e. The Balaban J connectivity index is 1.72. The maximum atomic E-state index is 12.2. The van der Waals surface area contributed by atoms with Crippen molar-refractivity contribution in [2.45, 2.75) is 45.6 Å². The summed E-state index contributed by atoms with van der Waals surface area (Å²) in [6.07, 6.45) is 2.69. The summed E-state index contributed by atoms with van der Waals surface area (Å²) in [5, 5.41) is 14.7. The molecule has 152 valence electrons. The van der Waals surface area contributed by atoms with Crippen LogP contribution in [0.5, 0.6) is 0 Å². The first-order chi connectivity index (χ1) is 13.7. The Labute approximate surface area is 170 Å². The van der Waals surface area contributed by atoms with Crippen LogP contribution < -0.4 is 10.3 Å². The van der Waals surface area contributed by atoms with Gasteiger partial charge >= 0.3 is 0 Å². The number of nitro groups is 1. The summed E-state index contributed by atoms with van der Waals surface area (Å²) >= 11 is 0. The molecule has 2 aromatic carbocycles. The second-order valence-corrected chi connectivity index (χ2v) is 7.98. The SMILES string of the molecule is CCN1c2ccc(/C=N/NC(=O)c3ccc([N+](=O)[O-])cc3)cc2C(C)CC1(C)C. The molecule has 0 aromatic heterocycles.